The molecule has 7 aromatic rings. The number of nitrogens with one attached hydrogen (secondary N) is 2. The molecule has 0 spiro atoms. The Hall–Kier alpha value is -6.46. The number of rotatable bonds is 11. The van der Waals surface area contributed by atoms with Crippen LogP contribution in [-0.4, -0.2) is 51.2 Å². The van der Waals surface area contributed by atoms with Crippen LogP contribution in [0.5, 0.6) is 5.88 Å². The van der Waals surface area contributed by atoms with E-state index >= 15 is 0 Å². The average Bonchev–Trinajstić information content (AvgIpc) is 3.86. The van der Waals surface area contributed by atoms with Gasteiger partial charge in [-0.3, -0.25) is 0 Å². The number of likely N-dealkylation sites (N-methyl/N-ethyl adjacent to an activating group) is 1. The number of carbonyl (C=O) groups is 1. The first kappa shape index (κ1) is 31.2. The number of imidazole rings is 1. The number of anilines is 2. The highest BCUT2D eigenvalue weighted by atomic mass is 32.1. The van der Waals surface area contributed by atoms with Crippen LogP contribution >= 0.6 is 11.3 Å². The molecule has 0 aliphatic rings. The number of aromatic amines is 1. The summed E-state index contributed by atoms with van der Waals surface area (Å²) in [7, 11) is 1.94. The predicted molar refractivity (Wildman–Crippen MR) is 188 cm³/mol. The van der Waals surface area contributed by atoms with E-state index in [4.69, 9.17) is 19.6 Å². The maximum Gasteiger partial charge on any atom is 0.407 e. The number of nitrogens with zero attached hydrogens (tertiary/aromatic N) is 6. The summed E-state index contributed by atoms with van der Waals surface area (Å²) in [6, 6.07) is 25.5. The van der Waals surface area contributed by atoms with E-state index in [1.807, 2.05) is 78.7 Å². The topological polar surface area (TPSA) is 181 Å². The number of oxazole rings is 1. The molecule has 0 saturated carbocycles. The summed E-state index contributed by atoms with van der Waals surface area (Å²) in [6.45, 7) is 1.31. The third-order valence-corrected chi connectivity index (χ3v) is 8.70. The molecule has 0 aliphatic heterocycles. The van der Waals surface area contributed by atoms with E-state index in [1.54, 1.807) is 17.4 Å². The van der Waals surface area contributed by atoms with Gasteiger partial charge in [0, 0.05) is 28.9 Å². The van der Waals surface area contributed by atoms with Crippen LogP contribution in [0.25, 0.3) is 44.0 Å². The Morgan fingerprint density at radius 3 is 2.78 bits per heavy atom. The molecule has 0 aliphatic carbocycles. The molecule has 4 N–H and O–H groups in total. The fourth-order valence-corrected chi connectivity index (χ4v) is 6.12. The number of hydrogen-bond acceptors (Lipinski definition) is 12. The third-order valence-electron chi connectivity index (χ3n) is 7.66. The van der Waals surface area contributed by atoms with Gasteiger partial charge in [-0.1, -0.05) is 42.5 Å². The first-order chi connectivity index (χ1) is 23.9. The molecule has 0 fully saturated rings. The van der Waals surface area contributed by atoms with Crippen LogP contribution in [0, 0.1) is 11.3 Å². The molecule has 14 heteroatoms. The minimum absolute atomic E-state index is 0.0862. The van der Waals surface area contributed by atoms with Gasteiger partial charge in [0.05, 0.1) is 12.9 Å². The number of hydrogen-bond donors (Lipinski definition) is 3. The molecule has 3 aromatic carbocycles. The van der Waals surface area contributed by atoms with Crippen molar-refractivity contribution < 1.29 is 18.7 Å². The van der Waals surface area contributed by atoms with E-state index < -0.39 is 6.09 Å². The van der Waals surface area contributed by atoms with Crippen molar-refractivity contribution in [3.63, 3.8) is 0 Å². The summed E-state index contributed by atoms with van der Waals surface area (Å²) in [5.41, 5.74) is 11.3. The molecule has 4 heterocycles. The van der Waals surface area contributed by atoms with Gasteiger partial charge in [-0.05, 0) is 52.9 Å². The lowest BCUT2D eigenvalue weighted by Crippen LogP contribution is -2.28. The maximum absolute atomic E-state index is 12.4. The average molecular weight is 672 g/mol. The van der Waals surface area contributed by atoms with Crippen LogP contribution in [-0.2, 0) is 17.9 Å². The number of amides is 1. The van der Waals surface area contributed by atoms with Crippen molar-refractivity contribution in [1.29, 1.82) is 5.26 Å². The number of fused-ring (bicyclic) bond motifs is 3. The second kappa shape index (κ2) is 13.7. The molecule has 1 amide bonds. The van der Waals surface area contributed by atoms with Gasteiger partial charge < -0.3 is 34.8 Å². The number of H-pyrrole nitrogens is 1. The van der Waals surface area contributed by atoms with Gasteiger partial charge in [0.2, 0.25) is 17.7 Å². The van der Waals surface area contributed by atoms with E-state index in [0.717, 1.165) is 31.8 Å². The number of ether oxygens (including phenoxy) is 2. The molecular weight excluding hydrogens is 643 g/mol. The number of allylic oxidation sites excluding steroid dienone is 1. The van der Waals surface area contributed by atoms with Crippen LogP contribution in [0.3, 0.4) is 0 Å². The highest BCUT2D eigenvalue weighted by Crippen LogP contribution is 2.32. The molecule has 0 unspecified atom stereocenters. The lowest BCUT2D eigenvalue weighted by atomic mass is 10.1. The minimum Gasteiger partial charge on any atom is -0.471 e. The number of alkyl carbamates (subject to hydrolysis) is 1. The van der Waals surface area contributed by atoms with Gasteiger partial charge in [0.15, 0.2) is 11.2 Å². The van der Waals surface area contributed by atoms with Gasteiger partial charge in [-0.25, -0.2) is 14.8 Å². The zero-order chi connectivity index (χ0) is 33.7. The van der Waals surface area contributed by atoms with Gasteiger partial charge >= 0.3 is 6.09 Å². The molecule has 0 atom stereocenters. The number of benzene rings is 3. The van der Waals surface area contributed by atoms with Crippen molar-refractivity contribution in [2.75, 3.05) is 30.8 Å². The Morgan fingerprint density at radius 1 is 1.10 bits per heavy atom. The SMILES string of the molecule is CN(CCOC(=O)NCc1ccc(COc2nc(N)nc3nc[nH]c23)cc1)c1ccc2cc(/C=C(\C#N)c3nc4ccccc4o3)sc2c1. The zero-order valence-electron chi connectivity index (χ0n) is 26.2. The van der Waals surface area contributed by atoms with E-state index in [9.17, 15) is 10.1 Å². The Labute approximate surface area is 283 Å². The normalized spacial score (nSPS) is 11.6. The van der Waals surface area contributed by atoms with E-state index in [-0.39, 0.29) is 19.2 Å². The van der Waals surface area contributed by atoms with Gasteiger partial charge in [0.25, 0.3) is 0 Å². The Kier molecular flexibility index (Phi) is 8.72. The Bertz CT molecular complexity index is 2320. The third kappa shape index (κ3) is 7.11. The summed E-state index contributed by atoms with van der Waals surface area (Å²) >= 11 is 1.57. The second-order valence-electron chi connectivity index (χ2n) is 11.0. The number of para-hydroxylation sites is 2. The number of thiophene rings is 1. The standard InChI is InChI=1S/C35H29N9O4S/c1-44(25-11-10-23-14-26(49-29(23)16-25)15-24(17-36)32-41-27-4-2-3-5-28(27)48-32)12-13-46-35(45)38-18-21-6-8-22(9-7-21)19-47-33-30-31(40-20-39-30)42-34(37)43-33/h2-11,14-16,20H,12-13,18-19H2,1H3,(H,38,45)(H3,37,39,40,42,43)/b24-15+. The first-order valence-electron chi connectivity index (χ1n) is 15.2. The fraction of sp³-hybridized carbons (Fsp3) is 0.143. The number of carbonyl (C=O) groups excluding carboxylic acids is 1. The van der Waals surface area contributed by atoms with Crippen molar-refractivity contribution >= 4 is 73.1 Å². The monoisotopic (exact) mass is 671 g/mol. The summed E-state index contributed by atoms with van der Waals surface area (Å²) in [6.07, 6.45) is 2.81. The van der Waals surface area contributed by atoms with Crippen LogP contribution in [0.2, 0.25) is 0 Å². The lowest BCUT2D eigenvalue weighted by Gasteiger charge is -2.19. The van der Waals surface area contributed by atoms with Crippen molar-refractivity contribution in [3.8, 4) is 11.9 Å². The zero-order valence-corrected chi connectivity index (χ0v) is 27.0. The van der Waals surface area contributed by atoms with Gasteiger partial charge in [0.1, 0.15) is 35.9 Å². The molecule has 7 rings (SSSR count). The van der Waals surface area contributed by atoms with Crippen LogP contribution < -0.4 is 20.7 Å². The van der Waals surface area contributed by atoms with E-state index in [0.29, 0.717) is 52.7 Å². The predicted octanol–water partition coefficient (Wildman–Crippen LogP) is 6.30. The summed E-state index contributed by atoms with van der Waals surface area (Å²) in [5, 5.41) is 13.6. The minimum atomic E-state index is -0.497. The fourth-order valence-electron chi connectivity index (χ4n) is 5.08. The molecule has 0 bridgehead atoms. The van der Waals surface area contributed by atoms with Crippen LogP contribution in [0.4, 0.5) is 16.4 Å². The summed E-state index contributed by atoms with van der Waals surface area (Å²) in [5.74, 6) is 0.716. The number of nitriles is 1. The highest BCUT2D eigenvalue weighted by molar-refractivity contribution is 7.19. The number of nitrogens with two attached hydrogens (primary N) is 1. The maximum atomic E-state index is 12.4. The molecule has 0 saturated heterocycles. The quantitative estimate of drug-likeness (QED) is 0.131. The molecule has 244 valence electrons. The largest absolute Gasteiger partial charge is 0.471 e. The Balaban J connectivity index is 0.879. The van der Waals surface area contributed by atoms with Crippen molar-refractivity contribution in [2.24, 2.45) is 0 Å². The second-order valence-corrected chi connectivity index (χ2v) is 12.1. The molecular formula is C35H29N9O4S. The van der Waals surface area contributed by atoms with Crippen molar-refractivity contribution in [3.05, 3.63) is 101 Å². The highest BCUT2D eigenvalue weighted by Gasteiger charge is 2.13. The molecule has 13 nitrogen and oxygen atoms in total. The molecule has 0 radical (unpaired) electrons. The van der Waals surface area contributed by atoms with Crippen molar-refractivity contribution in [2.45, 2.75) is 13.2 Å². The summed E-state index contributed by atoms with van der Waals surface area (Å²) in [4.78, 5) is 35.0. The van der Waals surface area contributed by atoms with Gasteiger partial charge in [-0.2, -0.15) is 15.2 Å². The summed E-state index contributed by atoms with van der Waals surface area (Å²) < 4.78 is 18.1. The van der Waals surface area contributed by atoms with Crippen LogP contribution in [0.15, 0.2) is 83.5 Å². The van der Waals surface area contributed by atoms with Crippen LogP contribution in [0.1, 0.15) is 21.9 Å². The van der Waals surface area contributed by atoms with Gasteiger partial charge in [-0.15, -0.1) is 11.3 Å². The molecule has 4 aromatic heterocycles. The smallest absolute Gasteiger partial charge is 0.407 e. The number of aromatic nitrogens is 5. The lowest BCUT2D eigenvalue weighted by molar-refractivity contribution is 0.148. The Morgan fingerprint density at radius 2 is 1.94 bits per heavy atom. The van der Waals surface area contributed by atoms with E-state index in [2.05, 4.69) is 42.4 Å². The molecule has 49 heavy (non-hydrogen) atoms. The first-order valence-corrected chi connectivity index (χ1v) is 16.0. The van der Waals surface area contributed by atoms with E-state index in [1.165, 1.54) is 6.33 Å². The number of nitrogen functional groups attached to an aromatic ring is 1. The van der Waals surface area contributed by atoms with Crippen molar-refractivity contribution in [1.82, 2.24) is 30.2 Å².